The minimum absolute atomic E-state index is 0.0196. The van der Waals surface area contributed by atoms with Gasteiger partial charge in [0.15, 0.2) is 0 Å². The molecule has 0 saturated heterocycles. The van der Waals surface area contributed by atoms with Gasteiger partial charge < -0.3 is 10.2 Å². The SMILES string of the molecule is CC[C@@H](C)NC(=O)[C@@H](CC)N(Cc1ccc(Cl)cc1Cl)C(=O)CN(c1ccc(C)c(C)c1)S(C)(=O)=O. The van der Waals surface area contributed by atoms with Gasteiger partial charge in [0.05, 0.1) is 11.9 Å². The Morgan fingerprint density at radius 2 is 1.67 bits per heavy atom. The first-order chi connectivity index (χ1) is 16.8. The van der Waals surface area contributed by atoms with E-state index < -0.39 is 28.5 Å². The Hall–Kier alpha value is -2.29. The Morgan fingerprint density at radius 1 is 1.00 bits per heavy atom. The molecular weight excluding hydrogens is 521 g/mol. The second-order valence-corrected chi connectivity index (χ2v) is 11.8. The van der Waals surface area contributed by atoms with Crippen LogP contribution in [-0.4, -0.2) is 50.0 Å². The molecule has 0 bridgehead atoms. The number of hydrogen-bond donors (Lipinski definition) is 1. The first kappa shape index (κ1) is 29.9. The van der Waals surface area contributed by atoms with E-state index in [1.165, 1.54) is 4.90 Å². The summed E-state index contributed by atoms with van der Waals surface area (Å²) >= 11 is 12.4. The zero-order valence-electron chi connectivity index (χ0n) is 21.6. The molecular formula is C26H35Cl2N3O4S. The van der Waals surface area contributed by atoms with E-state index >= 15 is 0 Å². The van der Waals surface area contributed by atoms with Crippen LogP contribution in [0.25, 0.3) is 0 Å². The van der Waals surface area contributed by atoms with Crippen molar-refractivity contribution < 1.29 is 18.0 Å². The molecule has 1 N–H and O–H groups in total. The van der Waals surface area contributed by atoms with E-state index in [2.05, 4.69) is 5.32 Å². The van der Waals surface area contributed by atoms with Crippen molar-refractivity contribution in [3.63, 3.8) is 0 Å². The van der Waals surface area contributed by atoms with Gasteiger partial charge in [-0.05, 0) is 74.6 Å². The molecule has 0 aromatic heterocycles. The number of sulfonamides is 1. The molecule has 10 heteroatoms. The molecule has 0 aliphatic heterocycles. The Labute approximate surface area is 224 Å². The number of amides is 2. The standard InChI is InChI=1S/C26H35Cl2N3O4S/c1-7-19(5)29-26(33)24(8-2)30(15-20-10-11-21(27)14-23(20)28)25(32)16-31(36(6,34)35)22-12-9-17(3)18(4)13-22/h9-14,19,24H,7-8,15-16H2,1-6H3,(H,29,33)/t19-,24-/m1/s1. The predicted molar refractivity (Wildman–Crippen MR) is 147 cm³/mol. The highest BCUT2D eigenvalue weighted by molar-refractivity contribution is 7.92. The van der Waals surface area contributed by atoms with Crippen molar-refractivity contribution in [3.05, 3.63) is 63.1 Å². The topological polar surface area (TPSA) is 86.8 Å². The molecule has 0 heterocycles. The van der Waals surface area contributed by atoms with Crippen molar-refractivity contribution in [2.45, 2.75) is 66.1 Å². The van der Waals surface area contributed by atoms with E-state index in [9.17, 15) is 18.0 Å². The molecule has 2 amide bonds. The fourth-order valence-corrected chi connectivity index (χ4v) is 5.00. The summed E-state index contributed by atoms with van der Waals surface area (Å²) in [6.45, 7) is 9.01. The van der Waals surface area contributed by atoms with Crippen LogP contribution in [0.1, 0.15) is 50.3 Å². The number of nitrogens with one attached hydrogen (secondary N) is 1. The van der Waals surface area contributed by atoms with E-state index in [4.69, 9.17) is 23.2 Å². The van der Waals surface area contributed by atoms with Crippen LogP contribution in [0.15, 0.2) is 36.4 Å². The molecule has 0 aliphatic carbocycles. The van der Waals surface area contributed by atoms with E-state index in [0.29, 0.717) is 27.7 Å². The molecule has 2 aromatic carbocycles. The summed E-state index contributed by atoms with van der Waals surface area (Å²) in [5.41, 5.74) is 2.89. The van der Waals surface area contributed by atoms with Gasteiger partial charge in [-0.1, -0.05) is 49.2 Å². The van der Waals surface area contributed by atoms with Gasteiger partial charge in [0.2, 0.25) is 21.8 Å². The van der Waals surface area contributed by atoms with Crippen LogP contribution >= 0.6 is 23.2 Å². The normalized spacial score (nSPS) is 13.1. The molecule has 0 radical (unpaired) electrons. The van der Waals surface area contributed by atoms with Gasteiger partial charge in [-0.25, -0.2) is 8.42 Å². The van der Waals surface area contributed by atoms with Crippen LogP contribution in [0.5, 0.6) is 0 Å². The van der Waals surface area contributed by atoms with Crippen molar-refractivity contribution >= 4 is 50.7 Å². The number of rotatable bonds is 11. The Morgan fingerprint density at radius 3 is 2.19 bits per heavy atom. The van der Waals surface area contributed by atoms with E-state index in [1.807, 2.05) is 40.7 Å². The quantitative estimate of drug-likeness (QED) is 0.418. The van der Waals surface area contributed by atoms with Gasteiger partial charge >= 0.3 is 0 Å². The Kier molecular flexibility index (Phi) is 10.6. The second kappa shape index (κ2) is 12.8. The zero-order valence-corrected chi connectivity index (χ0v) is 24.0. The average Bonchev–Trinajstić information content (AvgIpc) is 2.79. The minimum Gasteiger partial charge on any atom is -0.352 e. The summed E-state index contributed by atoms with van der Waals surface area (Å²) in [6, 6.07) is 9.24. The van der Waals surface area contributed by atoms with Crippen LogP contribution in [-0.2, 0) is 26.2 Å². The lowest BCUT2D eigenvalue weighted by Crippen LogP contribution is -2.53. The third-order valence-electron chi connectivity index (χ3n) is 6.20. The first-order valence-electron chi connectivity index (χ1n) is 11.9. The largest absolute Gasteiger partial charge is 0.352 e. The molecule has 0 saturated carbocycles. The molecule has 2 atom stereocenters. The van der Waals surface area contributed by atoms with Gasteiger partial charge in [0.25, 0.3) is 0 Å². The lowest BCUT2D eigenvalue weighted by atomic mass is 10.1. The van der Waals surface area contributed by atoms with E-state index in [-0.39, 0.29) is 18.5 Å². The van der Waals surface area contributed by atoms with Crippen LogP contribution < -0.4 is 9.62 Å². The van der Waals surface area contributed by atoms with Crippen LogP contribution in [0, 0.1) is 13.8 Å². The fraction of sp³-hybridized carbons (Fsp3) is 0.462. The maximum Gasteiger partial charge on any atom is 0.244 e. The smallest absolute Gasteiger partial charge is 0.244 e. The molecule has 2 rings (SSSR count). The van der Waals surface area contributed by atoms with Crippen LogP contribution in [0.3, 0.4) is 0 Å². The third kappa shape index (κ3) is 7.85. The predicted octanol–water partition coefficient (Wildman–Crippen LogP) is 5.10. The van der Waals surface area contributed by atoms with Gasteiger partial charge in [-0.3, -0.25) is 13.9 Å². The molecule has 7 nitrogen and oxygen atoms in total. The first-order valence-corrected chi connectivity index (χ1v) is 14.5. The number of nitrogens with zero attached hydrogens (tertiary/aromatic N) is 2. The van der Waals surface area contributed by atoms with Crippen LogP contribution in [0.2, 0.25) is 10.0 Å². The monoisotopic (exact) mass is 555 g/mol. The third-order valence-corrected chi connectivity index (χ3v) is 7.93. The second-order valence-electron chi connectivity index (χ2n) is 9.04. The molecule has 0 spiro atoms. The van der Waals surface area contributed by atoms with Gasteiger partial charge in [0.1, 0.15) is 12.6 Å². The number of carbonyl (C=O) groups is 2. The number of anilines is 1. The summed E-state index contributed by atoms with van der Waals surface area (Å²) in [6.07, 6.45) is 2.12. The molecule has 36 heavy (non-hydrogen) atoms. The number of carbonyl (C=O) groups excluding carboxylic acids is 2. The highest BCUT2D eigenvalue weighted by Crippen LogP contribution is 2.25. The fourth-order valence-electron chi connectivity index (χ4n) is 3.69. The van der Waals surface area contributed by atoms with Crippen molar-refractivity contribution in [3.8, 4) is 0 Å². The molecule has 0 fully saturated rings. The summed E-state index contributed by atoms with van der Waals surface area (Å²) in [7, 11) is -3.80. The highest BCUT2D eigenvalue weighted by Gasteiger charge is 2.32. The van der Waals surface area contributed by atoms with Crippen molar-refractivity contribution in [2.75, 3.05) is 17.1 Å². The molecule has 2 aromatic rings. The molecule has 0 aliphatic rings. The maximum absolute atomic E-state index is 13.7. The number of benzene rings is 2. The molecule has 198 valence electrons. The Bertz CT molecular complexity index is 1200. The number of halogens is 2. The van der Waals surface area contributed by atoms with Gasteiger partial charge in [-0.2, -0.15) is 0 Å². The van der Waals surface area contributed by atoms with Crippen LogP contribution in [0.4, 0.5) is 5.69 Å². The van der Waals surface area contributed by atoms with Gasteiger partial charge in [-0.15, -0.1) is 0 Å². The van der Waals surface area contributed by atoms with Crippen molar-refractivity contribution in [2.24, 2.45) is 0 Å². The lowest BCUT2D eigenvalue weighted by molar-refractivity contribution is -0.140. The summed E-state index contributed by atoms with van der Waals surface area (Å²) < 4.78 is 26.5. The van der Waals surface area contributed by atoms with Crippen molar-refractivity contribution in [1.82, 2.24) is 10.2 Å². The Balaban J connectivity index is 2.50. The van der Waals surface area contributed by atoms with E-state index in [1.54, 1.807) is 30.3 Å². The zero-order chi connectivity index (χ0) is 27.2. The average molecular weight is 557 g/mol. The summed E-state index contributed by atoms with van der Waals surface area (Å²) in [4.78, 5) is 28.3. The minimum atomic E-state index is -3.80. The highest BCUT2D eigenvalue weighted by atomic mass is 35.5. The van der Waals surface area contributed by atoms with Crippen molar-refractivity contribution in [1.29, 1.82) is 0 Å². The summed E-state index contributed by atoms with van der Waals surface area (Å²) in [5.74, 6) is -0.821. The van der Waals surface area contributed by atoms with E-state index in [0.717, 1.165) is 28.1 Å². The number of hydrogen-bond acceptors (Lipinski definition) is 4. The molecule has 0 unspecified atom stereocenters. The summed E-state index contributed by atoms with van der Waals surface area (Å²) in [5, 5.41) is 3.73. The number of aryl methyl sites for hydroxylation is 2. The maximum atomic E-state index is 13.7. The lowest BCUT2D eigenvalue weighted by Gasteiger charge is -2.33. The van der Waals surface area contributed by atoms with Gasteiger partial charge in [0, 0.05) is 22.6 Å².